The molecule has 0 radical (unpaired) electrons. The third-order valence-corrected chi connectivity index (χ3v) is 1.96. The van der Waals surface area contributed by atoms with Gasteiger partial charge < -0.3 is 9.84 Å². The Labute approximate surface area is 84.8 Å². The fraction of sp³-hybridized carbons (Fsp3) is 0.333. The summed E-state index contributed by atoms with van der Waals surface area (Å²) in [5.41, 5.74) is 0.990. The average molecular weight is 192 g/mol. The molecule has 0 bridgehead atoms. The van der Waals surface area contributed by atoms with Crippen LogP contribution in [0, 0.1) is 0 Å². The quantitative estimate of drug-likeness (QED) is 0.725. The molecule has 0 aliphatic heterocycles. The maximum atomic E-state index is 9.53. The van der Waals surface area contributed by atoms with E-state index in [1.54, 1.807) is 13.0 Å². The van der Waals surface area contributed by atoms with E-state index in [0.29, 0.717) is 6.61 Å². The Hall–Kier alpha value is -1.12. The van der Waals surface area contributed by atoms with Crippen molar-refractivity contribution in [1.29, 1.82) is 0 Å². The minimum Gasteiger partial charge on any atom is -0.390 e. The fourth-order valence-corrected chi connectivity index (χ4v) is 1.33. The van der Waals surface area contributed by atoms with Gasteiger partial charge in [0.25, 0.3) is 0 Å². The third kappa shape index (κ3) is 2.98. The standard InChI is InChI=1S/C12H16O2/c1-3-9-14-12(10(2)13)11-7-5-4-6-8-11/h3-8,10,12-13H,1,9H2,2H3. The number of aliphatic hydroxyl groups is 1. The van der Waals surface area contributed by atoms with Crippen molar-refractivity contribution in [3.05, 3.63) is 48.6 Å². The van der Waals surface area contributed by atoms with Gasteiger partial charge in [0.1, 0.15) is 6.10 Å². The second-order valence-electron chi connectivity index (χ2n) is 3.19. The summed E-state index contributed by atoms with van der Waals surface area (Å²) < 4.78 is 5.47. The summed E-state index contributed by atoms with van der Waals surface area (Å²) in [6.45, 7) is 5.75. The largest absolute Gasteiger partial charge is 0.390 e. The van der Waals surface area contributed by atoms with Crippen LogP contribution in [0.1, 0.15) is 18.6 Å². The van der Waals surface area contributed by atoms with Gasteiger partial charge in [-0.05, 0) is 12.5 Å². The molecule has 0 aromatic heterocycles. The lowest BCUT2D eigenvalue weighted by molar-refractivity contribution is -0.0193. The van der Waals surface area contributed by atoms with Crippen LogP contribution in [0.4, 0.5) is 0 Å². The molecule has 0 aliphatic rings. The molecule has 0 fully saturated rings. The lowest BCUT2D eigenvalue weighted by atomic mass is 10.1. The minimum absolute atomic E-state index is 0.269. The first-order chi connectivity index (χ1) is 6.75. The molecular formula is C12H16O2. The van der Waals surface area contributed by atoms with Gasteiger partial charge in [0.2, 0.25) is 0 Å². The number of hydrogen-bond acceptors (Lipinski definition) is 2. The van der Waals surface area contributed by atoms with E-state index in [1.807, 2.05) is 30.3 Å². The normalized spacial score (nSPS) is 14.7. The number of ether oxygens (including phenoxy) is 1. The third-order valence-electron chi connectivity index (χ3n) is 1.96. The van der Waals surface area contributed by atoms with Crippen LogP contribution >= 0.6 is 0 Å². The fourth-order valence-electron chi connectivity index (χ4n) is 1.33. The average Bonchev–Trinajstić information content (AvgIpc) is 2.19. The van der Waals surface area contributed by atoms with Gasteiger partial charge in [-0.1, -0.05) is 36.4 Å². The van der Waals surface area contributed by atoms with Gasteiger partial charge in [-0.3, -0.25) is 0 Å². The Morgan fingerprint density at radius 1 is 1.43 bits per heavy atom. The molecule has 0 saturated heterocycles. The van der Waals surface area contributed by atoms with Crippen molar-refractivity contribution in [2.45, 2.75) is 19.1 Å². The Balaban J connectivity index is 2.72. The van der Waals surface area contributed by atoms with Crippen LogP contribution in [0.5, 0.6) is 0 Å². The summed E-state index contributed by atoms with van der Waals surface area (Å²) in [4.78, 5) is 0. The van der Waals surface area contributed by atoms with Crippen LogP contribution in [0.15, 0.2) is 43.0 Å². The van der Waals surface area contributed by atoms with Gasteiger partial charge in [-0.2, -0.15) is 0 Å². The van der Waals surface area contributed by atoms with Gasteiger partial charge in [0, 0.05) is 0 Å². The van der Waals surface area contributed by atoms with Crippen molar-refractivity contribution in [1.82, 2.24) is 0 Å². The molecule has 2 unspecified atom stereocenters. The van der Waals surface area contributed by atoms with E-state index in [4.69, 9.17) is 4.74 Å². The molecular weight excluding hydrogens is 176 g/mol. The molecule has 2 heteroatoms. The lowest BCUT2D eigenvalue weighted by Crippen LogP contribution is -2.18. The lowest BCUT2D eigenvalue weighted by Gasteiger charge is -2.20. The molecule has 0 heterocycles. The van der Waals surface area contributed by atoms with Crippen molar-refractivity contribution >= 4 is 0 Å². The molecule has 1 rings (SSSR count). The number of benzene rings is 1. The molecule has 0 aliphatic carbocycles. The molecule has 1 aromatic rings. The Morgan fingerprint density at radius 2 is 2.07 bits per heavy atom. The van der Waals surface area contributed by atoms with E-state index in [2.05, 4.69) is 6.58 Å². The molecule has 1 aromatic carbocycles. The number of hydrogen-bond donors (Lipinski definition) is 1. The highest BCUT2D eigenvalue weighted by Crippen LogP contribution is 2.20. The summed E-state index contributed by atoms with van der Waals surface area (Å²) in [6.07, 6.45) is 0.893. The van der Waals surface area contributed by atoms with Crippen LogP contribution in [-0.2, 0) is 4.74 Å². The first-order valence-electron chi connectivity index (χ1n) is 4.71. The van der Waals surface area contributed by atoms with Gasteiger partial charge in [0.05, 0.1) is 12.7 Å². The number of rotatable bonds is 5. The van der Waals surface area contributed by atoms with Crippen LogP contribution in [0.25, 0.3) is 0 Å². The summed E-state index contributed by atoms with van der Waals surface area (Å²) in [7, 11) is 0. The van der Waals surface area contributed by atoms with E-state index in [-0.39, 0.29) is 6.10 Å². The van der Waals surface area contributed by atoms with E-state index in [9.17, 15) is 5.11 Å². The second-order valence-corrected chi connectivity index (χ2v) is 3.19. The zero-order valence-electron chi connectivity index (χ0n) is 8.39. The highest BCUT2D eigenvalue weighted by molar-refractivity contribution is 5.18. The summed E-state index contributed by atoms with van der Waals surface area (Å²) in [5.74, 6) is 0. The van der Waals surface area contributed by atoms with Gasteiger partial charge in [-0.25, -0.2) is 0 Å². The van der Waals surface area contributed by atoms with Gasteiger partial charge in [0.15, 0.2) is 0 Å². The monoisotopic (exact) mass is 192 g/mol. The summed E-state index contributed by atoms with van der Waals surface area (Å²) in [5, 5.41) is 9.53. The van der Waals surface area contributed by atoms with E-state index < -0.39 is 6.10 Å². The Bertz CT molecular complexity index is 267. The minimum atomic E-state index is -0.516. The first-order valence-corrected chi connectivity index (χ1v) is 4.71. The maximum Gasteiger partial charge on any atom is 0.108 e. The van der Waals surface area contributed by atoms with Crippen LogP contribution in [-0.4, -0.2) is 17.8 Å². The van der Waals surface area contributed by atoms with Gasteiger partial charge in [-0.15, -0.1) is 6.58 Å². The van der Waals surface area contributed by atoms with Crippen LogP contribution in [0.2, 0.25) is 0 Å². The van der Waals surface area contributed by atoms with Gasteiger partial charge >= 0.3 is 0 Å². The Morgan fingerprint density at radius 3 is 2.57 bits per heavy atom. The van der Waals surface area contributed by atoms with Crippen LogP contribution in [0.3, 0.4) is 0 Å². The van der Waals surface area contributed by atoms with Crippen molar-refractivity contribution in [3.63, 3.8) is 0 Å². The SMILES string of the molecule is C=CCOC(c1ccccc1)C(C)O. The smallest absolute Gasteiger partial charge is 0.108 e. The van der Waals surface area contributed by atoms with Crippen molar-refractivity contribution < 1.29 is 9.84 Å². The zero-order chi connectivity index (χ0) is 10.4. The predicted octanol–water partition coefficient (Wildman–Crippen LogP) is 2.31. The Kier molecular flexibility index (Phi) is 4.36. The summed E-state index contributed by atoms with van der Waals surface area (Å²) >= 11 is 0. The van der Waals surface area contributed by atoms with E-state index >= 15 is 0 Å². The van der Waals surface area contributed by atoms with E-state index in [0.717, 1.165) is 5.56 Å². The van der Waals surface area contributed by atoms with Crippen molar-refractivity contribution in [2.75, 3.05) is 6.61 Å². The molecule has 14 heavy (non-hydrogen) atoms. The highest BCUT2D eigenvalue weighted by Gasteiger charge is 2.16. The number of aliphatic hydroxyl groups excluding tert-OH is 1. The van der Waals surface area contributed by atoms with E-state index in [1.165, 1.54) is 0 Å². The second kappa shape index (κ2) is 5.58. The molecule has 2 nitrogen and oxygen atoms in total. The molecule has 0 saturated carbocycles. The van der Waals surface area contributed by atoms with Crippen molar-refractivity contribution in [2.24, 2.45) is 0 Å². The molecule has 1 N–H and O–H groups in total. The summed E-state index contributed by atoms with van der Waals surface area (Å²) in [6, 6.07) is 9.70. The topological polar surface area (TPSA) is 29.5 Å². The zero-order valence-corrected chi connectivity index (χ0v) is 8.39. The predicted molar refractivity (Wildman–Crippen MR) is 57.0 cm³/mol. The highest BCUT2D eigenvalue weighted by atomic mass is 16.5. The van der Waals surface area contributed by atoms with Crippen molar-refractivity contribution in [3.8, 4) is 0 Å². The molecule has 0 spiro atoms. The molecule has 2 atom stereocenters. The molecule has 0 amide bonds. The molecule has 76 valence electrons. The maximum absolute atomic E-state index is 9.53. The first kappa shape index (κ1) is 11.0. The van der Waals surface area contributed by atoms with Crippen LogP contribution < -0.4 is 0 Å².